The number of aromatic nitrogens is 3. The molecule has 0 aromatic carbocycles. The summed E-state index contributed by atoms with van der Waals surface area (Å²) in [6.07, 6.45) is 6.16. The van der Waals surface area contributed by atoms with Crippen LogP contribution in [-0.2, 0) is 12.8 Å². The molecule has 4 nitrogen and oxygen atoms in total. The Labute approximate surface area is 112 Å². The largest absolute Gasteiger partial charge is 0.437 e. The van der Waals surface area contributed by atoms with Crippen LogP contribution in [0.2, 0.25) is 0 Å². The number of hydrogen-bond acceptors (Lipinski definition) is 4. The van der Waals surface area contributed by atoms with Crippen LogP contribution >= 0.6 is 0 Å². The van der Waals surface area contributed by atoms with Gasteiger partial charge in [-0.25, -0.2) is 4.98 Å². The normalized spacial score (nSPS) is 14.0. The maximum Gasteiger partial charge on any atom is 0.226 e. The molecule has 1 aliphatic rings. The van der Waals surface area contributed by atoms with Gasteiger partial charge in [-0.05, 0) is 51.7 Å². The number of nitrogens with zero attached hydrogens (tertiary/aromatic N) is 3. The Balaban J connectivity index is 1.95. The average molecular weight is 255 g/mol. The van der Waals surface area contributed by atoms with Crippen molar-refractivity contribution < 1.29 is 4.74 Å². The van der Waals surface area contributed by atoms with Crippen molar-refractivity contribution in [3.8, 4) is 11.6 Å². The summed E-state index contributed by atoms with van der Waals surface area (Å²) in [6.45, 7) is 3.87. The Hall–Kier alpha value is -1.97. The van der Waals surface area contributed by atoms with Gasteiger partial charge in [0.15, 0.2) is 0 Å². The molecule has 0 bridgehead atoms. The molecule has 0 atom stereocenters. The quantitative estimate of drug-likeness (QED) is 0.827. The van der Waals surface area contributed by atoms with E-state index in [4.69, 9.17) is 4.74 Å². The predicted octanol–water partition coefficient (Wildman–Crippen LogP) is 3.16. The van der Waals surface area contributed by atoms with Gasteiger partial charge in [0.05, 0.1) is 11.9 Å². The highest BCUT2D eigenvalue weighted by atomic mass is 16.5. The second-order valence-electron chi connectivity index (χ2n) is 4.95. The van der Waals surface area contributed by atoms with E-state index < -0.39 is 0 Å². The standard InChI is InChI=1S/C15H17N3O/c1-10-7-8-12(9-16-10)19-15-13-5-3-4-6-14(13)17-11(2)18-15/h7-9H,3-6H2,1-2H3. The van der Waals surface area contributed by atoms with Gasteiger partial charge in [0.1, 0.15) is 11.6 Å². The first-order chi connectivity index (χ1) is 9.22. The third-order valence-electron chi connectivity index (χ3n) is 3.36. The Morgan fingerprint density at radius 3 is 2.68 bits per heavy atom. The monoisotopic (exact) mass is 255 g/mol. The lowest BCUT2D eigenvalue weighted by molar-refractivity contribution is 0.443. The maximum atomic E-state index is 5.90. The lowest BCUT2D eigenvalue weighted by Gasteiger charge is -2.18. The molecule has 0 amide bonds. The van der Waals surface area contributed by atoms with Crippen molar-refractivity contribution in [3.63, 3.8) is 0 Å². The van der Waals surface area contributed by atoms with Gasteiger partial charge in [-0.2, -0.15) is 4.98 Å². The van der Waals surface area contributed by atoms with Crippen molar-refractivity contribution in [1.29, 1.82) is 0 Å². The molecule has 2 heterocycles. The first-order valence-corrected chi connectivity index (χ1v) is 6.69. The second kappa shape index (κ2) is 4.96. The van der Waals surface area contributed by atoms with Crippen LogP contribution < -0.4 is 4.74 Å². The zero-order chi connectivity index (χ0) is 13.2. The molecule has 0 fully saturated rings. The smallest absolute Gasteiger partial charge is 0.226 e. The minimum Gasteiger partial charge on any atom is -0.437 e. The van der Waals surface area contributed by atoms with Crippen molar-refractivity contribution in [3.05, 3.63) is 41.1 Å². The Morgan fingerprint density at radius 2 is 1.89 bits per heavy atom. The average Bonchev–Trinajstić information content (AvgIpc) is 2.41. The zero-order valence-electron chi connectivity index (χ0n) is 11.3. The summed E-state index contributed by atoms with van der Waals surface area (Å²) in [5.41, 5.74) is 3.29. The summed E-state index contributed by atoms with van der Waals surface area (Å²) in [5, 5.41) is 0. The number of hydrogen-bond donors (Lipinski definition) is 0. The minimum atomic E-state index is 0.702. The predicted molar refractivity (Wildman–Crippen MR) is 72.5 cm³/mol. The molecule has 2 aromatic rings. The SMILES string of the molecule is Cc1ccc(Oc2nc(C)nc3c2CCCC3)cn1. The van der Waals surface area contributed by atoms with Crippen molar-refractivity contribution >= 4 is 0 Å². The molecule has 1 aliphatic carbocycles. The number of pyridine rings is 1. The molecule has 0 radical (unpaired) electrons. The molecule has 0 saturated heterocycles. The van der Waals surface area contributed by atoms with Gasteiger partial charge in [0, 0.05) is 11.3 Å². The van der Waals surface area contributed by atoms with E-state index in [0.717, 1.165) is 41.4 Å². The third kappa shape index (κ3) is 2.57. The molecule has 2 aromatic heterocycles. The topological polar surface area (TPSA) is 47.9 Å². The Kier molecular flexibility index (Phi) is 3.15. The Bertz CT molecular complexity index is 593. The third-order valence-corrected chi connectivity index (χ3v) is 3.36. The number of aryl methyl sites for hydroxylation is 3. The van der Waals surface area contributed by atoms with Gasteiger partial charge in [-0.15, -0.1) is 0 Å². The van der Waals surface area contributed by atoms with Gasteiger partial charge >= 0.3 is 0 Å². The summed E-state index contributed by atoms with van der Waals surface area (Å²) in [5.74, 6) is 2.21. The van der Waals surface area contributed by atoms with Gasteiger partial charge in [0.25, 0.3) is 0 Å². The van der Waals surface area contributed by atoms with Gasteiger partial charge in [-0.3, -0.25) is 4.98 Å². The summed E-state index contributed by atoms with van der Waals surface area (Å²) >= 11 is 0. The zero-order valence-corrected chi connectivity index (χ0v) is 11.3. The van der Waals surface area contributed by atoms with Gasteiger partial charge < -0.3 is 4.74 Å². The summed E-state index contributed by atoms with van der Waals surface area (Å²) in [4.78, 5) is 13.2. The molecule has 0 saturated carbocycles. The van der Waals surface area contributed by atoms with E-state index in [2.05, 4.69) is 15.0 Å². The van der Waals surface area contributed by atoms with Crippen LogP contribution in [0.25, 0.3) is 0 Å². The van der Waals surface area contributed by atoms with E-state index in [1.165, 1.54) is 12.8 Å². The fourth-order valence-corrected chi connectivity index (χ4v) is 2.39. The van der Waals surface area contributed by atoms with E-state index in [0.29, 0.717) is 5.88 Å². The van der Waals surface area contributed by atoms with E-state index in [-0.39, 0.29) is 0 Å². The van der Waals surface area contributed by atoms with Gasteiger partial charge in [0.2, 0.25) is 5.88 Å². The highest BCUT2D eigenvalue weighted by Crippen LogP contribution is 2.30. The van der Waals surface area contributed by atoms with Crippen LogP contribution in [-0.4, -0.2) is 15.0 Å². The van der Waals surface area contributed by atoms with Crippen molar-refractivity contribution in [2.45, 2.75) is 39.5 Å². The van der Waals surface area contributed by atoms with E-state index in [1.807, 2.05) is 26.0 Å². The lowest BCUT2D eigenvalue weighted by atomic mass is 9.97. The number of rotatable bonds is 2. The highest BCUT2D eigenvalue weighted by molar-refractivity contribution is 5.36. The second-order valence-corrected chi connectivity index (χ2v) is 4.95. The molecule has 0 unspecified atom stereocenters. The van der Waals surface area contributed by atoms with Crippen LogP contribution in [0.3, 0.4) is 0 Å². The molecule has 4 heteroatoms. The van der Waals surface area contributed by atoms with Crippen LogP contribution in [0, 0.1) is 13.8 Å². The lowest BCUT2D eigenvalue weighted by Crippen LogP contribution is -2.10. The molecular weight excluding hydrogens is 238 g/mol. The number of fused-ring (bicyclic) bond motifs is 1. The summed E-state index contributed by atoms with van der Waals surface area (Å²) < 4.78 is 5.90. The van der Waals surface area contributed by atoms with Gasteiger partial charge in [-0.1, -0.05) is 0 Å². The molecule has 0 spiro atoms. The minimum absolute atomic E-state index is 0.702. The molecule has 98 valence electrons. The highest BCUT2D eigenvalue weighted by Gasteiger charge is 2.18. The molecule has 19 heavy (non-hydrogen) atoms. The molecule has 3 rings (SSSR count). The number of ether oxygens (including phenoxy) is 1. The molecule has 0 aliphatic heterocycles. The molecular formula is C15H17N3O. The fourth-order valence-electron chi connectivity index (χ4n) is 2.39. The summed E-state index contributed by atoms with van der Waals surface area (Å²) in [7, 11) is 0. The van der Waals surface area contributed by atoms with Crippen molar-refractivity contribution in [2.75, 3.05) is 0 Å². The van der Waals surface area contributed by atoms with E-state index in [1.54, 1.807) is 6.20 Å². The van der Waals surface area contributed by atoms with Crippen molar-refractivity contribution in [2.24, 2.45) is 0 Å². The van der Waals surface area contributed by atoms with E-state index in [9.17, 15) is 0 Å². The summed E-state index contributed by atoms with van der Waals surface area (Å²) in [6, 6.07) is 3.87. The molecule has 0 N–H and O–H groups in total. The first-order valence-electron chi connectivity index (χ1n) is 6.69. The fraction of sp³-hybridized carbons (Fsp3) is 0.400. The first kappa shape index (κ1) is 12.1. The maximum absolute atomic E-state index is 5.90. The van der Waals surface area contributed by atoms with Crippen LogP contribution in [0.5, 0.6) is 11.6 Å². The van der Waals surface area contributed by atoms with Crippen molar-refractivity contribution in [1.82, 2.24) is 15.0 Å². The Morgan fingerprint density at radius 1 is 1.05 bits per heavy atom. The van der Waals surface area contributed by atoms with Crippen LogP contribution in [0.1, 0.15) is 35.6 Å². The van der Waals surface area contributed by atoms with Crippen LogP contribution in [0.4, 0.5) is 0 Å². The van der Waals surface area contributed by atoms with Crippen LogP contribution in [0.15, 0.2) is 18.3 Å². The van der Waals surface area contributed by atoms with E-state index >= 15 is 0 Å².